The Morgan fingerprint density at radius 3 is 2.88 bits per heavy atom. The van der Waals surface area contributed by atoms with Crippen LogP contribution in [0.3, 0.4) is 0 Å². The van der Waals surface area contributed by atoms with Gasteiger partial charge in [-0.3, -0.25) is 4.99 Å². The van der Waals surface area contributed by atoms with Gasteiger partial charge in [0.15, 0.2) is 0 Å². The lowest BCUT2D eigenvalue weighted by Crippen LogP contribution is -2.31. The summed E-state index contributed by atoms with van der Waals surface area (Å²) in [5.41, 5.74) is 8.14. The molecule has 0 amide bonds. The third-order valence-electron chi connectivity index (χ3n) is 5.89. The van der Waals surface area contributed by atoms with Gasteiger partial charge in [0.2, 0.25) is 0 Å². The fraction of sp³-hybridized carbons (Fsp3) is 0.409. The highest BCUT2D eigenvalue weighted by Gasteiger charge is 2.30. The van der Waals surface area contributed by atoms with Gasteiger partial charge < -0.3 is 9.80 Å². The Bertz CT molecular complexity index is 822. The Morgan fingerprint density at radius 1 is 1.16 bits per heavy atom. The Kier molecular flexibility index (Phi) is 3.63. The summed E-state index contributed by atoms with van der Waals surface area (Å²) in [6, 6.07) is 7.13. The highest BCUT2D eigenvalue weighted by molar-refractivity contribution is 6.07. The first-order valence-corrected chi connectivity index (χ1v) is 9.50. The molecule has 0 bridgehead atoms. The molecular formula is C22H25N3. The van der Waals surface area contributed by atoms with E-state index in [0.29, 0.717) is 5.92 Å². The zero-order valence-corrected chi connectivity index (χ0v) is 14.9. The van der Waals surface area contributed by atoms with E-state index in [2.05, 4.69) is 59.4 Å². The molecule has 0 aromatic heterocycles. The summed E-state index contributed by atoms with van der Waals surface area (Å²) >= 11 is 0. The maximum Gasteiger partial charge on any atom is 0.0517 e. The molecule has 1 unspecified atom stereocenters. The second kappa shape index (κ2) is 5.99. The van der Waals surface area contributed by atoms with Crippen LogP contribution in [0.1, 0.15) is 36.3 Å². The zero-order valence-electron chi connectivity index (χ0n) is 14.9. The van der Waals surface area contributed by atoms with E-state index < -0.39 is 0 Å². The second-order valence-electron chi connectivity index (χ2n) is 7.71. The lowest BCUT2D eigenvalue weighted by Gasteiger charge is -2.33. The second-order valence-corrected chi connectivity index (χ2v) is 7.71. The Morgan fingerprint density at radius 2 is 2.04 bits per heavy atom. The van der Waals surface area contributed by atoms with Crippen LogP contribution >= 0.6 is 0 Å². The van der Waals surface area contributed by atoms with E-state index in [1.54, 1.807) is 0 Å². The average Bonchev–Trinajstić information content (AvgIpc) is 3.30. The van der Waals surface area contributed by atoms with Crippen molar-refractivity contribution in [1.82, 2.24) is 4.90 Å². The maximum atomic E-state index is 4.99. The van der Waals surface area contributed by atoms with Crippen molar-refractivity contribution in [2.24, 2.45) is 4.99 Å². The molecule has 3 aliphatic heterocycles. The summed E-state index contributed by atoms with van der Waals surface area (Å²) in [5.74, 6) is 0.389. The Labute approximate surface area is 150 Å². The van der Waals surface area contributed by atoms with Crippen LogP contribution in [-0.4, -0.2) is 37.3 Å². The van der Waals surface area contributed by atoms with Crippen LogP contribution in [0.5, 0.6) is 0 Å². The molecule has 25 heavy (non-hydrogen) atoms. The molecule has 1 saturated heterocycles. The van der Waals surface area contributed by atoms with Crippen molar-refractivity contribution < 1.29 is 0 Å². The Balaban J connectivity index is 1.50. The van der Waals surface area contributed by atoms with Crippen molar-refractivity contribution in [1.29, 1.82) is 0 Å². The lowest BCUT2D eigenvalue weighted by atomic mass is 9.87. The minimum Gasteiger partial charge on any atom is -0.372 e. The van der Waals surface area contributed by atoms with Gasteiger partial charge in [-0.05, 0) is 54.8 Å². The smallest absolute Gasteiger partial charge is 0.0517 e. The summed E-state index contributed by atoms with van der Waals surface area (Å²) in [6.07, 6.45) is 12.5. The number of anilines is 1. The van der Waals surface area contributed by atoms with E-state index in [0.717, 1.165) is 19.5 Å². The van der Waals surface area contributed by atoms with Gasteiger partial charge in [-0.1, -0.05) is 24.3 Å². The molecule has 0 spiro atoms. The van der Waals surface area contributed by atoms with Crippen LogP contribution in [0.25, 0.3) is 0 Å². The Hall–Kier alpha value is -2.13. The number of allylic oxidation sites excluding steroid dienone is 5. The van der Waals surface area contributed by atoms with E-state index in [4.69, 9.17) is 4.99 Å². The van der Waals surface area contributed by atoms with E-state index in [1.807, 2.05) is 0 Å². The molecule has 1 aromatic carbocycles. The van der Waals surface area contributed by atoms with Crippen molar-refractivity contribution in [3.63, 3.8) is 0 Å². The van der Waals surface area contributed by atoms with Crippen LogP contribution in [0.4, 0.5) is 5.69 Å². The molecular weight excluding hydrogens is 306 g/mol. The molecule has 1 aliphatic carbocycles. The van der Waals surface area contributed by atoms with Gasteiger partial charge in [0.05, 0.1) is 11.4 Å². The van der Waals surface area contributed by atoms with Crippen LogP contribution in [0.15, 0.2) is 58.8 Å². The van der Waals surface area contributed by atoms with Gasteiger partial charge in [-0.25, -0.2) is 0 Å². The van der Waals surface area contributed by atoms with E-state index in [9.17, 15) is 0 Å². The number of benzene rings is 1. The van der Waals surface area contributed by atoms with Crippen LogP contribution in [0.2, 0.25) is 0 Å². The summed E-state index contributed by atoms with van der Waals surface area (Å²) in [4.78, 5) is 9.96. The van der Waals surface area contributed by atoms with Gasteiger partial charge in [-0.15, -0.1) is 0 Å². The third kappa shape index (κ3) is 2.67. The molecule has 4 aliphatic rings. The predicted octanol–water partition coefficient (Wildman–Crippen LogP) is 4.04. The van der Waals surface area contributed by atoms with Crippen molar-refractivity contribution in [3.05, 3.63) is 64.9 Å². The van der Waals surface area contributed by atoms with Crippen LogP contribution in [0, 0.1) is 0 Å². The number of nitrogens with zero attached hydrogens (tertiary/aromatic N) is 3. The first-order chi connectivity index (χ1) is 12.3. The molecule has 3 nitrogen and oxygen atoms in total. The normalized spacial score (nSPS) is 25.4. The minimum absolute atomic E-state index is 0.389. The number of likely N-dealkylation sites (N-methyl/N-ethyl adjacent to an activating group) is 1. The third-order valence-corrected chi connectivity index (χ3v) is 5.89. The lowest BCUT2D eigenvalue weighted by molar-refractivity contribution is 0.293. The van der Waals surface area contributed by atoms with Crippen molar-refractivity contribution in [3.8, 4) is 0 Å². The number of rotatable bonds is 2. The molecule has 0 N–H and O–H groups in total. The first kappa shape index (κ1) is 15.2. The zero-order chi connectivity index (χ0) is 16.8. The van der Waals surface area contributed by atoms with Gasteiger partial charge >= 0.3 is 0 Å². The number of hydrogen-bond acceptors (Lipinski definition) is 3. The minimum atomic E-state index is 0.389. The first-order valence-electron chi connectivity index (χ1n) is 9.50. The molecule has 0 radical (unpaired) electrons. The fourth-order valence-electron chi connectivity index (χ4n) is 4.59. The van der Waals surface area contributed by atoms with Crippen LogP contribution in [-0.2, 0) is 6.54 Å². The standard InChI is InChI=1S/C22H25N3/c1-24-14-17-12-18(25-10-4-5-11-25)8-9-19(17)20(15-24)22-13-16-6-2-3-7-21(16)23-22/h2-3,6,8-9,12-13,20H,4-5,7,10-11,14-15H2,1H3. The summed E-state index contributed by atoms with van der Waals surface area (Å²) in [7, 11) is 2.23. The summed E-state index contributed by atoms with van der Waals surface area (Å²) in [6.45, 7) is 4.51. The SMILES string of the molecule is CN1Cc2cc(N3CCCC3)ccc2C(C2=CC3=CC=CCC3=N2)C1. The van der Waals surface area contributed by atoms with E-state index >= 15 is 0 Å². The van der Waals surface area contributed by atoms with Gasteiger partial charge in [0.1, 0.15) is 0 Å². The summed E-state index contributed by atoms with van der Waals surface area (Å²) in [5, 5.41) is 0. The molecule has 1 atom stereocenters. The highest BCUT2D eigenvalue weighted by atomic mass is 15.1. The quantitative estimate of drug-likeness (QED) is 0.814. The number of aliphatic imine (C=N–C) groups is 1. The van der Waals surface area contributed by atoms with Crippen molar-refractivity contribution in [2.45, 2.75) is 31.7 Å². The number of fused-ring (bicyclic) bond motifs is 2. The largest absolute Gasteiger partial charge is 0.372 e. The average molecular weight is 331 g/mol. The predicted molar refractivity (Wildman–Crippen MR) is 104 cm³/mol. The monoisotopic (exact) mass is 331 g/mol. The molecule has 5 rings (SSSR count). The molecule has 3 heteroatoms. The van der Waals surface area contributed by atoms with E-state index in [1.165, 1.54) is 59.7 Å². The van der Waals surface area contributed by atoms with Gasteiger partial charge in [-0.2, -0.15) is 0 Å². The van der Waals surface area contributed by atoms with Gasteiger partial charge in [0, 0.05) is 44.2 Å². The maximum absolute atomic E-state index is 4.99. The highest BCUT2D eigenvalue weighted by Crippen LogP contribution is 2.39. The molecule has 1 aromatic rings. The molecule has 1 fully saturated rings. The molecule has 3 heterocycles. The summed E-state index contributed by atoms with van der Waals surface area (Å²) < 4.78 is 0. The van der Waals surface area contributed by atoms with E-state index in [-0.39, 0.29) is 0 Å². The van der Waals surface area contributed by atoms with Crippen molar-refractivity contribution in [2.75, 3.05) is 31.6 Å². The van der Waals surface area contributed by atoms with Crippen LogP contribution < -0.4 is 4.90 Å². The van der Waals surface area contributed by atoms with Crippen molar-refractivity contribution >= 4 is 11.4 Å². The molecule has 128 valence electrons. The fourth-order valence-corrected chi connectivity index (χ4v) is 4.59. The molecule has 0 saturated carbocycles. The number of hydrogen-bond donors (Lipinski definition) is 0. The topological polar surface area (TPSA) is 18.8 Å². The van der Waals surface area contributed by atoms with Gasteiger partial charge in [0.25, 0.3) is 0 Å².